The summed E-state index contributed by atoms with van der Waals surface area (Å²) >= 11 is 0. The van der Waals surface area contributed by atoms with Crippen molar-refractivity contribution in [2.45, 2.75) is 20.0 Å². The number of aliphatic hydroxyl groups is 1. The highest BCUT2D eigenvalue weighted by atomic mass is 16.5. The van der Waals surface area contributed by atoms with Crippen molar-refractivity contribution >= 4 is 5.97 Å². The first kappa shape index (κ1) is 23.1. The number of hydrogen-bond acceptors (Lipinski definition) is 7. The maximum atomic E-state index is 10.9. The quantitative estimate of drug-likeness (QED) is 0.391. The molecule has 0 amide bonds. The van der Waals surface area contributed by atoms with E-state index in [2.05, 4.69) is 0 Å². The highest BCUT2D eigenvalue weighted by Gasteiger charge is 2.14. The molecule has 0 radical (unpaired) electrons. The molecule has 3 aromatic carbocycles. The monoisotopic (exact) mass is 455 g/mol. The second-order valence-corrected chi connectivity index (χ2v) is 7.78. The second-order valence-electron chi connectivity index (χ2n) is 7.78. The van der Waals surface area contributed by atoms with Gasteiger partial charge in [0.05, 0.1) is 0 Å². The summed E-state index contributed by atoms with van der Waals surface area (Å²) in [6.45, 7) is 3.14. The van der Waals surface area contributed by atoms with Gasteiger partial charge in [-0.15, -0.1) is 0 Å². The fourth-order valence-corrected chi connectivity index (χ4v) is 3.36. The van der Waals surface area contributed by atoms with Crippen molar-refractivity contribution in [1.82, 2.24) is 15.0 Å². The molecule has 0 aliphatic carbocycles. The lowest BCUT2D eigenvalue weighted by Crippen LogP contribution is -2.24. The normalized spacial score (nSPS) is 11.6. The van der Waals surface area contributed by atoms with Gasteiger partial charge in [-0.25, -0.2) is 15.0 Å². The van der Waals surface area contributed by atoms with E-state index < -0.39 is 12.1 Å². The zero-order valence-electron chi connectivity index (χ0n) is 19.0. The third kappa shape index (κ3) is 5.82. The van der Waals surface area contributed by atoms with Crippen LogP contribution in [0, 0.1) is 6.92 Å². The average molecular weight is 456 g/mol. The van der Waals surface area contributed by atoms with Crippen LogP contribution in [-0.2, 0) is 9.53 Å². The van der Waals surface area contributed by atoms with Crippen LogP contribution in [0.1, 0.15) is 12.5 Å². The number of rotatable bonds is 8. The first-order valence-corrected chi connectivity index (χ1v) is 10.9. The molecule has 0 saturated carbocycles. The van der Waals surface area contributed by atoms with E-state index in [1.807, 2.05) is 79.7 Å². The summed E-state index contributed by atoms with van der Waals surface area (Å²) < 4.78 is 10.5. The van der Waals surface area contributed by atoms with E-state index in [9.17, 15) is 9.90 Å². The van der Waals surface area contributed by atoms with Gasteiger partial charge in [-0.2, -0.15) is 0 Å². The molecule has 0 spiro atoms. The summed E-state index contributed by atoms with van der Waals surface area (Å²) in [6.07, 6.45) is -0.908. The molecule has 0 bridgehead atoms. The Kier molecular flexibility index (Phi) is 7.25. The van der Waals surface area contributed by atoms with E-state index in [-0.39, 0.29) is 13.2 Å². The number of aliphatic hydroxyl groups excluding tert-OH is 1. The Hall–Kier alpha value is -4.10. The van der Waals surface area contributed by atoms with E-state index in [1.54, 1.807) is 6.07 Å². The highest BCUT2D eigenvalue weighted by molar-refractivity contribution is 5.68. The van der Waals surface area contributed by atoms with Crippen molar-refractivity contribution in [3.05, 3.63) is 84.4 Å². The van der Waals surface area contributed by atoms with Crippen molar-refractivity contribution < 1.29 is 19.4 Å². The predicted octanol–water partition coefficient (Wildman–Crippen LogP) is 4.48. The molecule has 1 aromatic heterocycles. The van der Waals surface area contributed by atoms with Crippen LogP contribution < -0.4 is 4.74 Å². The maximum Gasteiger partial charge on any atom is 0.302 e. The van der Waals surface area contributed by atoms with Crippen LogP contribution in [0.15, 0.2) is 78.9 Å². The van der Waals surface area contributed by atoms with Gasteiger partial charge in [-0.3, -0.25) is 4.79 Å². The molecule has 172 valence electrons. The molecule has 0 fully saturated rings. The van der Waals surface area contributed by atoms with Gasteiger partial charge in [0.2, 0.25) is 0 Å². The number of esters is 1. The van der Waals surface area contributed by atoms with Crippen LogP contribution in [0.25, 0.3) is 34.2 Å². The largest absolute Gasteiger partial charge is 0.491 e. The Bertz CT molecular complexity index is 1210. The molecule has 34 heavy (non-hydrogen) atoms. The molecule has 7 heteroatoms. The summed E-state index contributed by atoms with van der Waals surface area (Å²) in [5.74, 6) is 1.90. The number of aromatic nitrogens is 3. The fraction of sp³-hybridized carbons (Fsp3) is 0.185. The van der Waals surface area contributed by atoms with E-state index in [1.165, 1.54) is 6.92 Å². The Labute approximate surface area is 198 Å². The Morgan fingerprint density at radius 2 is 1.38 bits per heavy atom. The molecular formula is C27H25N3O4. The second kappa shape index (κ2) is 10.7. The molecule has 1 unspecified atom stereocenters. The first-order chi connectivity index (χ1) is 16.5. The number of nitrogens with zero attached hydrogens (tertiary/aromatic N) is 3. The van der Waals surface area contributed by atoms with Gasteiger partial charge >= 0.3 is 5.97 Å². The van der Waals surface area contributed by atoms with Crippen molar-refractivity contribution in [3.63, 3.8) is 0 Å². The van der Waals surface area contributed by atoms with Gasteiger partial charge in [0.1, 0.15) is 25.1 Å². The van der Waals surface area contributed by atoms with Gasteiger partial charge in [-0.1, -0.05) is 60.7 Å². The highest BCUT2D eigenvalue weighted by Crippen LogP contribution is 2.28. The Morgan fingerprint density at radius 3 is 1.91 bits per heavy atom. The van der Waals surface area contributed by atoms with Gasteiger partial charge in [0.25, 0.3) is 0 Å². The van der Waals surface area contributed by atoms with E-state index in [4.69, 9.17) is 24.4 Å². The summed E-state index contributed by atoms with van der Waals surface area (Å²) in [7, 11) is 0. The van der Waals surface area contributed by atoms with Gasteiger partial charge in [0.15, 0.2) is 17.5 Å². The molecule has 4 rings (SSSR count). The molecule has 1 heterocycles. The van der Waals surface area contributed by atoms with Crippen LogP contribution in [0.2, 0.25) is 0 Å². The molecule has 0 aliphatic rings. The van der Waals surface area contributed by atoms with E-state index >= 15 is 0 Å². The third-order valence-corrected chi connectivity index (χ3v) is 5.06. The van der Waals surface area contributed by atoms with Crippen LogP contribution >= 0.6 is 0 Å². The lowest BCUT2D eigenvalue weighted by molar-refractivity contribution is -0.144. The van der Waals surface area contributed by atoms with Crippen LogP contribution in [0.3, 0.4) is 0 Å². The smallest absolute Gasteiger partial charge is 0.302 e. The Balaban J connectivity index is 1.63. The van der Waals surface area contributed by atoms with Gasteiger partial charge in [-0.05, 0) is 30.7 Å². The molecule has 7 nitrogen and oxygen atoms in total. The van der Waals surface area contributed by atoms with E-state index in [0.29, 0.717) is 23.2 Å². The molecular weight excluding hydrogens is 430 g/mol. The summed E-state index contributed by atoms with van der Waals surface area (Å²) in [5.41, 5.74) is 3.58. The van der Waals surface area contributed by atoms with Gasteiger partial charge in [0, 0.05) is 23.6 Å². The topological polar surface area (TPSA) is 94.4 Å². The number of benzene rings is 3. The van der Waals surface area contributed by atoms with Crippen LogP contribution in [-0.4, -0.2) is 45.3 Å². The van der Waals surface area contributed by atoms with Crippen molar-refractivity contribution in [2.75, 3.05) is 13.2 Å². The van der Waals surface area contributed by atoms with Gasteiger partial charge < -0.3 is 14.6 Å². The summed E-state index contributed by atoms with van der Waals surface area (Å²) in [6, 6.07) is 25.2. The first-order valence-electron chi connectivity index (χ1n) is 10.9. The lowest BCUT2D eigenvalue weighted by atomic mass is 10.1. The van der Waals surface area contributed by atoms with Crippen LogP contribution in [0.4, 0.5) is 0 Å². The molecule has 1 atom stereocenters. The lowest BCUT2D eigenvalue weighted by Gasteiger charge is -2.14. The average Bonchev–Trinajstić information content (AvgIpc) is 2.87. The molecule has 4 aromatic rings. The molecule has 1 N–H and O–H groups in total. The molecule has 0 aliphatic heterocycles. The molecule has 0 saturated heterocycles. The minimum atomic E-state index is -0.908. The zero-order chi connectivity index (χ0) is 23.9. The number of aryl methyl sites for hydroxylation is 1. The Morgan fingerprint density at radius 1 is 0.824 bits per heavy atom. The standard InChI is InChI=1S/C27H25N3O4/c1-18-15-23(34-17-22(32)16-33-19(2)31)13-14-24(18)27-29-25(20-9-5-3-6-10-20)28-26(30-27)21-11-7-4-8-12-21/h3-15,22,32H,16-17H2,1-2H3. The van der Waals surface area contributed by atoms with Crippen molar-refractivity contribution in [1.29, 1.82) is 0 Å². The minimum Gasteiger partial charge on any atom is -0.491 e. The number of ether oxygens (including phenoxy) is 2. The van der Waals surface area contributed by atoms with E-state index in [0.717, 1.165) is 22.3 Å². The van der Waals surface area contributed by atoms with Crippen molar-refractivity contribution in [2.24, 2.45) is 0 Å². The fourth-order valence-electron chi connectivity index (χ4n) is 3.36. The minimum absolute atomic E-state index is 0.00807. The maximum absolute atomic E-state index is 10.9. The number of carbonyl (C=O) groups excluding carboxylic acids is 1. The third-order valence-electron chi connectivity index (χ3n) is 5.06. The van der Waals surface area contributed by atoms with Crippen molar-refractivity contribution in [3.8, 4) is 39.9 Å². The SMILES string of the molecule is CC(=O)OCC(O)COc1ccc(-c2nc(-c3ccccc3)nc(-c3ccccc3)n2)c(C)c1. The number of hydrogen-bond donors (Lipinski definition) is 1. The predicted molar refractivity (Wildman–Crippen MR) is 129 cm³/mol. The zero-order valence-corrected chi connectivity index (χ0v) is 19.0. The summed E-state index contributed by atoms with van der Waals surface area (Å²) in [4.78, 5) is 25.1. The summed E-state index contributed by atoms with van der Waals surface area (Å²) in [5, 5.41) is 9.91. The van der Waals surface area contributed by atoms with Crippen LogP contribution in [0.5, 0.6) is 5.75 Å². The number of carbonyl (C=O) groups is 1.